The monoisotopic (exact) mass is 348 g/mol. The van der Waals surface area contributed by atoms with E-state index >= 15 is 0 Å². The zero-order valence-corrected chi connectivity index (χ0v) is 16.0. The summed E-state index contributed by atoms with van der Waals surface area (Å²) in [4.78, 5) is 12.4. The number of aliphatic hydroxyl groups excluding tert-OH is 1. The van der Waals surface area contributed by atoms with E-state index in [0.29, 0.717) is 30.6 Å². The summed E-state index contributed by atoms with van der Waals surface area (Å²) in [5, 5.41) is 21.4. The Morgan fingerprint density at radius 2 is 2.12 bits per heavy atom. The molecule has 0 bridgehead atoms. The number of hydrogen-bond acceptors (Lipinski definition) is 4. The number of carbonyl (C=O) groups is 1. The quantitative estimate of drug-likeness (QED) is 0.761. The molecule has 1 heterocycles. The molecule has 3 aliphatic rings. The molecule has 1 aliphatic heterocycles. The molecule has 2 aliphatic carbocycles. The fourth-order valence-electron chi connectivity index (χ4n) is 5.03. The van der Waals surface area contributed by atoms with E-state index in [4.69, 9.17) is 4.74 Å². The molecule has 25 heavy (non-hydrogen) atoms. The highest BCUT2D eigenvalue weighted by Crippen LogP contribution is 2.55. The summed E-state index contributed by atoms with van der Waals surface area (Å²) >= 11 is 0. The molecular weight excluding hydrogens is 316 g/mol. The maximum atomic E-state index is 12.4. The van der Waals surface area contributed by atoms with Crippen molar-refractivity contribution >= 4 is 5.78 Å². The van der Waals surface area contributed by atoms with Crippen molar-refractivity contribution in [3.63, 3.8) is 0 Å². The SMILES string of the molecule is CC(C)=CCC[C@](C)(O)[C@@H]1CC[C@@]2(C)OC3=C(C[C@@H]12)C(=O)CC[C@H]3O. The molecule has 3 rings (SSSR count). The van der Waals surface area contributed by atoms with Crippen LogP contribution in [0.15, 0.2) is 23.0 Å². The number of rotatable bonds is 4. The van der Waals surface area contributed by atoms with E-state index in [1.165, 1.54) is 5.57 Å². The summed E-state index contributed by atoms with van der Waals surface area (Å²) in [5.74, 6) is 0.864. The zero-order valence-electron chi connectivity index (χ0n) is 16.0. The number of fused-ring (bicyclic) bond motifs is 1. The average Bonchev–Trinajstić information content (AvgIpc) is 2.86. The van der Waals surface area contributed by atoms with Crippen molar-refractivity contribution in [2.75, 3.05) is 0 Å². The highest BCUT2D eigenvalue weighted by atomic mass is 16.5. The van der Waals surface area contributed by atoms with Gasteiger partial charge in [0.2, 0.25) is 0 Å². The summed E-state index contributed by atoms with van der Waals surface area (Å²) in [7, 11) is 0. The van der Waals surface area contributed by atoms with Gasteiger partial charge in [-0.3, -0.25) is 4.79 Å². The molecule has 0 amide bonds. The Balaban J connectivity index is 1.82. The van der Waals surface area contributed by atoms with E-state index in [0.717, 1.165) is 25.7 Å². The van der Waals surface area contributed by atoms with Gasteiger partial charge < -0.3 is 14.9 Å². The Morgan fingerprint density at radius 3 is 2.80 bits per heavy atom. The molecule has 140 valence electrons. The minimum atomic E-state index is -0.772. The van der Waals surface area contributed by atoms with Gasteiger partial charge in [0.15, 0.2) is 5.78 Å². The number of carbonyl (C=O) groups excluding carboxylic acids is 1. The van der Waals surface area contributed by atoms with Crippen LogP contribution in [0.5, 0.6) is 0 Å². The summed E-state index contributed by atoms with van der Waals surface area (Å²) in [6.45, 7) is 8.16. The first-order valence-electron chi connectivity index (χ1n) is 9.63. The van der Waals surface area contributed by atoms with E-state index in [1.54, 1.807) is 0 Å². The van der Waals surface area contributed by atoms with Gasteiger partial charge in [-0.25, -0.2) is 0 Å². The van der Waals surface area contributed by atoms with E-state index < -0.39 is 11.7 Å². The number of allylic oxidation sites excluding steroid dienone is 3. The molecule has 0 saturated heterocycles. The second-order valence-corrected chi connectivity index (χ2v) is 8.87. The zero-order chi connectivity index (χ0) is 18.4. The van der Waals surface area contributed by atoms with Crippen LogP contribution in [0.25, 0.3) is 0 Å². The maximum absolute atomic E-state index is 12.4. The van der Waals surface area contributed by atoms with Crippen molar-refractivity contribution in [1.29, 1.82) is 0 Å². The third-order valence-electron chi connectivity index (χ3n) is 6.57. The van der Waals surface area contributed by atoms with Crippen LogP contribution >= 0.6 is 0 Å². The first-order chi connectivity index (χ1) is 11.6. The first-order valence-corrected chi connectivity index (χ1v) is 9.63. The topological polar surface area (TPSA) is 66.8 Å². The van der Waals surface area contributed by atoms with Crippen molar-refractivity contribution in [1.82, 2.24) is 0 Å². The standard InChI is InChI=1S/C21H32O4/c1-13(2)6-5-10-20(3,24)15-9-11-21(4)16(15)12-14-17(22)7-8-18(23)19(14)25-21/h6,15-16,18,23-24H,5,7-12H2,1-4H3/t15-,16+,18-,20+,21-/m1/s1. The smallest absolute Gasteiger partial charge is 0.162 e. The van der Waals surface area contributed by atoms with Crippen LogP contribution in [-0.4, -0.2) is 33.3 Å². The number of ketones is 1. The van der Waals surface area contributed by atoms with E-state index in [-0.39, 0.29) is 23.2 Å². The van der Waals surface area contributed by atoms with Crippen molar-refractivity contribution in [3.05, 3.63) is 23.0 Å². The van der Waals surface area contributed by atoms with Gasteiger partial charge in [-0.2, -0.15) is 0 Å². The maximum Gasteiger partial charge on any atom is 0.162 e. The first kappa shape index (κ1) is 18.7. The molecule has 5 atom stereocenters. The number of hydrogen-bond donors (Lipinski definition) is 2. The van der Waals surface area contributed by atoms with Gasteiger partial charge in [0.1, 0.15) is 17.5 Å². The van der Waals surface area contributed by atoms with Crippen LogP contribution < -0.4 is 0 Å². The van der Waals surface area contributed by atoms with Gasteiger partial charge in [-0.15, -0.1) is 0 Å². The molecule has 0 aromatic heterocycles. The second-order valence-electron chi connectivity index (χ2n) is 8.87. The third-order valence-corrected chi connectivity index (χ3v) is 6.57. The molecule has 1 saturated carbocycles. The van der Waals surface area contributed by atoms with Crippen LogP contribution in [0.3, 0.4) is 0 Å². The molecule has 1 fully saturated rings. The Kier molecular flexibility index (Phi) is 4.89. The number of Topliss-reactive ketones (excluding diaryl/α,β-unsaturated/α-hetero) is 1. The summed E-state index contributed by atoms with van der Waals surface area (Å²) < 4.78 is 6.24. The molecule has 0 radical (unpaired) electrons. The molecule has 4 nitrogen and oxygen atoms in total. The summed E-state index contributed by atoms with van der Waals surface area (Å²) in [6, 6.07) is 0. The van der Waals surface area contributed by atoms with Crippen molar-refractivity contribution in [2.45, 2.75) is 89.9 Å². The van der Waals surface area contributed by atoms with Crippen LogP contribution in [0.4, 0.5) is 0 Å². The van der Waals surface area contributed by atoms with Gasteiger partial charge in [-0.05, 0) is 72.1 Å². The minimum Gasteiger partial charge on any atom is -0.488 e. The Hall–Kier alpha value is -1.13. The molecule has 2 N–H and O–H groups in total. The van der Waals surface area contributed by atoms with Crippen molar-refractivity contribution in [2.24, 2.45) is 11.8 Å². The summed E-state index contributed by atoms with van der Waals surface area (Å²) in [6.07, 6.45) is 6.35. The van der Waals surface area contributed by atoms with Gasteiger partial charge in [0, 0.05) is 17.9 Å². The molecular formula is C21H32O4. The van der Waals surface area contributed by atoms with E-state index in [9.17, 15) is 15.0 Å². The predicted octanol–water partition coefficient (Wildman–Crippen LogP) is 3.67. The van der Waals surface area contributed by atoms with Gasteiger partial charge >= 0.3 is 0 Å². The lowest BCUT2D eigenvalue weighted by Gasteiger charge is -2.45. The Morgan fingerprint density at radius 1 is 1.40 bits per heavy atom. The van der Waals surface area contributed by atoms with Crippen LogP contribution in [0.1, 0.15) is 72.6 Å². The van der Waals surface area contributed by atoms with Gasteiger partial charge in [0.25, 0.3) is 0 Å². The normalized spacial score (nSPS) is 37.0. The lowest BCUT2D eigenvalue weighted by Crippen LogP contribution is -2.47. The average molecular weight is 348 g/mol. The van der Waals surface area contributed by atoms with Crippen LogP contribution in [0.2, 0.25) is 0 Å². The fourth-order valence-corrected chi connectivity index (χ4v) is 5.03. The molecule has 0 spiro atoms. The highest BCUT2D eigenvalue weighted by Gasteiger charge is 2.56. The van der Waals surface area contributed by atoms with Crippen molar-refractivity contribution in [3.8, 4) is 0 Å². The minimum absolute atomic E-state index is 0.109. The fraction of sp³-hybridized carbons (Fsp3) is 0.762. The second kappa shape index (κ2) is 6.55. The third kappa shape index (κ3) is 3.43. The lowest BCUT2D eigenvalue weighted by atomic mass is 9.70. The predicted molar refractivity (Wildman–Crippen MR) is 96.9 cm³/mol. The van der Waals surface area contributed by atoms with Crippen LogP contribution in [-0.2, 0) is 9.53 Å². The van der Waals surface area contributed by atoms with E-state index in [1.807, 2.05) is 6.92 Å². The van der Waals surface area contributed by atoms with Gasteiger partial charge in [0.05, 0.1) is 5.60 Å². The van der Waals surface area contributed by atoms with Crippen LogP contribution in [0, 0.1) is 11.8 Å². The molecule has 4 heteroatoms. The Labute approximate surface area is 151 Å². The number of ether oxygens (including phenoxy) is 1. The molecule has 0 unspecified atom stereocenters. The van der Waals surface area contributed by atoms with Crippen molar-refractivity contribution < 1.29 is 19.7 Å². The Bertz CT molecular complexity index is 611. The largest absolute Gasteiger partial charge is 0.488 e. The van der Waals surface area contributed by atoms with E-state index in [2.05, 4.69) is 26.8 Å². The molecule has 0 aromatic rings. The molecule has 0 aromatic carbocycles. The summed E-state index contributed by atoms with van der Waals surface area (Å²) in [5.41, 5.74) is 0.784. The lowest BCUT2D eigenvalue weighted by molar-refractivity contribution is -0.126. The number of aliphatic hydroxyl groups is 2. The highest BCUT2D eigenvalue weighted by molar-refractivity contribution is 5.97. The van der Waals surface area contributed by atoms with Gasteiger partial charge in [-0.1, -0.05) is 11.6 Å².